The molecule has 2 fully saturated rings. The van der Waals surface area contributed by atoms with Crippen molar-refractivity contribution in [2.45, 2.75) is 70.6 Å². The summed E-state index contributed by atoms with van der Waals surface area (Å²) in [4.78, 5) is 7.47. The van der Waals surface area contributed by atoms with Gasteiger partial charge in [0.25, 0.3) is 0 Å². The summed E-state index contributed by atoms with van der Waals surface area (Å²) in [6, 6.07) is 11.3. The molecule has 0 spiro atoms. The molecule has 0 aromatic heterocycles. The Morgan fingerprint density at radius 1 is 1.15 bits per heavy atom. The zero-order valence-electron chi connectivity index (χ0n) is 17.0. The Morgan fingerprint density at radius 2 is 1.85 bits per heavy atom. The maximum Gasteiger partial charge on any atom is 0.191 e. The second-order valence-corrected chi connectivity index (χ2v) is 7.85. The molecule has 1 heterocycles. The third-order valence-electron chi connectivity index (χ3n) is 5.64. The lowest BCUT2D eigenvalue weighted by Crippen LogP contribution is -2.50. The van der Waals surface area contributed by atoms with Crippen molar-refractivity contribution in [1.29, 1.82) is 0 Å². The molecule has 2 aliphatic rings. The van der Waals surface area contributed by atoms with Crippen LogP contribution in [-0.2, 0) is 0 Å². The molecule has 1 aromatic rings. The summed E-state index contributed by atoms with van der Waals surface area (Å²) in [6.45, 7) is 8.14. The first-order chi connectivity index (χ1) is 13.2. The number of guanidine groups is 1. The number of benzene rings is 1. The number of rotatable bonds is 7. The van der Waals surface area contributed by atoms with Crippen LogP contribution in [0.2, 0.25) is 0 Å². The van der Waals surface area contributed by atoms with E-state index in [0.717, 1.165) is 24.3 Å². The SMILES string of the molecule is CCNC(=NCC(C)Oc1ccccc1)NC1CCN(C2CCCC2)CC1. The van der Waals surface area contributed by atoms with Gasteiger partial charge in [0, 0.05) is 31.7 Å². The number of hydrogen-bond donors (Lipinski definition) is 2. The van der Waals surface area contributed by atoms with E-state index in [1.807, 2.05) is 30.3 Å². The van der Waals surface area contributed by atoms with Crippen LogP contribution in [0.1, 0.15) is 52.4 Å². The van der Waals surface area contributed by atoms with Gasteiger partial charge in [0.15, 0.2) is 5.96 Å². The Labute approximate surface area is 164 Å². The van der Waals surface area contributed by atoms with Gasteiger partial charge in [0.2, 0.25) is 0 Å². The molecule has 1 aliphatic heterocycles. The molecular weight excluding hydrogens is 336 g/mol. The summed E-state index contributed by atoms with van der Waals surface area (Å²) >= 11 is 0. The van der Waals surface area contributed by atoms with E-state index in [4.69, 9.17) is 9.73 Å². The maximum atomic E-state index is 5.93. The average Bonchev–Trinajstić information content (AvgIpc) is 3.22. The second kappa shape index (κ2) is 10.5. The van der Waals surface area contributed by atoms with E-state index in [1.54, 1.807) is 0 Å². The zero-order valence-corrected chi connectivity index (χ0v) is 17.0. The minimum absolute atomic E-state index is 0.0482. The van der Waals surface area contributed by atoms with Crippen molar-refractivity contribution < 1.29 is 4.74 Å². The van der Waals surface area contributed by atoms with Crippen LogP contribution in [0.3, 0.4) is 0 Å². The smallest absolute Gasteiger partial charge is 0.191 e. The number of para-hydroxylation sites is 1. The highest BCUT2D eigenvalue weighted by molar-refractivity contribution is 5.80. The van der Waals surface area contributed by atoms with E-state index in [-0.39, 0.29) is 6.10 Å². The fraction of sp³-hybridized carbons (Fsp3) is 0.682. The van der Waals surface area contributed by atoms with Gasteiger partial charge in [-0.15, -0.1) is 0 Å². The molecule has 1 saturated heterocycles. The lowest BCUT2D eigenvalue weighted by Gasteiger charge is -2.36. The minimum atomic E-state index is 0.0482. The van der Waals surface area contributed by atoms with Gasteiger partial charge in [0.05, 0.1) is 6.54 Å². The average molecular weight is 373 g/mol. The van der Waals surface area contributed by atoms with E-state index in [9.17, 15) is 0 Å². The first kappa shape index (κ1) is 20.0. The van der Waals surface area contributed by atoms with E-state index < -0.39 is 0 Å². The molecule has 0 bridgehead atoms. The molecule has 1 aliphatic carbocycles. The predicted octanol–water partition coefficient (Wildman–Crippen LogP) is 3.42. The third kappa shape index (κ3) is 6.42. The monoisotopic (exact) mass is 372 g/mol. The highest BCUT2D eigenvalue weighted by Crippen LogP contribution is 2.26. The molecule has 1 aromatic carbocycles. The highest BCUT2D eigenvalue weighted by Gasteiger charge is 2.27. The van der Waals surface area contributed by atoms with Crippen molar-refractivity contribution >= 4 is 5.96 Å². The summed E-state index contributed by atoms with van der Waals surface area (Å²) in [5.74, 6) is 1.82. The number of hydrogen-bond acceptors (Lipinski definition) is 3. The van der Waals surface area contributed by atoms with Crippen LogP contribution in [0.15, 0.2) is 35.3 Å². The van der Waals surface area contributed by atoms with Gasteiger partial charge in [0.1, 0.15) is 11.9 Å². The van der Waals surface area contributed by atoms with Crippen molar-refractivity contribution in [1.82, 2.24) is 15.5 Å². The Bertz CT molecular complexity index is 563. The highest BCUT2D eigenvalue weighted by atomic mass is 16.5. The van der Waals surface area contributed by atoms with Crippen molar-refractivity contribution in [3.63, 3.8) is 0 Å². The topological polar surface area (TPSA) is 48.9 Å². The summed E-state index contributed by atoms with van der Waals surface area (Å²) in [7, 11) is 0. The van der Waals surface area contributed by atoms with Crippen LogP contribution in [0, 0.1) is 0 Å². The zero-order chi connectivity index (χ0) is 18.9. The summed E-state index contributed by atoms with van der Waals surface area (Å²) in [5.41, 5.74) is 0. The van der Waals surface area contributed by atoms with Crippen LogP contribution >= 0.6 is 0 Å². The number of nitrogens with one attached hydrogen (secondary N) is 2. The van der Waals surface area contributed by atoms with Crippen molar-refractivity contribution in [3.05, 3.63) is 30.3 Å². The molecule has 150 valence electrons. The van der Waals surface area contributed by atoms with Gasteiger partial charge < -0.3 is 20.3 Å². The molecule has 27 heavy (non-hydrogen) atoms. The van der Waals surface area contributed by atoms with Crippen molar-refractivity contribution in [3.8, 4) is 5.75 Å². The predicted molar refractivity (Wildman–Crippen MR) is 112 cm³/mol. The van der Waals surface area contributed by atoms with Crippen LogP contribution in [0.5, 0.6) is 5.75 Å². The summed E-state index contributed by atoms with van der Waals surface area (Å²) < 4.78 is 5.93. The van der Waals surface area contributed by atoms with E-state index in [1.165, 1.54) is 51.6 Å². The van der Waals surface area contributed by atoms with E-state index >= 15 is 0 Å². The van der Waals surface area contributed by atoms with Crippen LogP contribution < -0.4 is 15.4 Å². The fourth-order valence-corrected chi connectivity index (χ4v) is 4.18. The van der Waals surface area contributed by atoms with Gasteiger partial charge in [-0.05, 0) is 51.7 Å². The lowest BCUT2D eigenvalue weighted by molar-refractivity contribution is 0.150. The largest absolute Gasteiger partial charge is 0.489 e. The van der Waals surface area contributed by atoms with Gasteiger partial charge in [-0.1, -0.05) is 31.0 Å². The first-order valence-corrected chi connectivity index (χ1v) is 10.7. The van der Waals surface area contributed by atoms with Crippen molar-refractivity contribution in [2.24, 2.45) is 4.99 Å². The Balaban J connectivity index is 1.44. The quantitative estimate of drug-likeness (QED) is 0.569. The molecule has 1 saturated carbocycles. The standard InChI is InChI=1S/C22H36N4O/c1-3-23-22(24-17-18(2)27-21-11-5-4-6-12-21)25-19-13-15-26(16-14-19)20-9-7-8-10-20/h4-6,11-12,18-20H,3,7-10,13-17H2,1-2H3,(H2,23,24,25). The summed E-state index contributed by atoms with van der Waals surface area (Å²) in [5, 5.41) is 7.03. The van der Waals surface area contributed by atoms with Crippen LogP contribution in [0.25, 0.3) is 0 Å². The third-order valence-corrected chi connectivity index (χ3v) is 5.64. The van der Waals surface area contributed by atoms with Crippen LogP contribution in [0.4, 0.5) is 0 Å². The second-order valence-electron chi connectivity index (χ2n) is 7.85. The molecule has 5 nitrogen and oxygen atoms in total. The fourth-order valence-electron chi connectivity index (χ4n) is 4.18. The van der Waals surface area contributed by atoms with Gasteiger partial charge in [-0.2, -0.15) is 0 Å². The van der Waals surface area contributed by atoms with Crippen molar-refractivity contribution in [2.75, 3.05) is 26.2 Å². The summed E-state index contributed by atoms with van der Waals surface area (Å²) in [6.07, 6.45) is 8.11. The Hall–Kier alpha value is -1.75. The lowest BCUT2D eigenvalue weighted by atomic mass is 10.0. The number of likely N-dealkylation sites (tertiary alicyclic amines) is 1. The Kier molecular flexibility index (Phi) is 7.81. The number of aliphatic imine (C=N–C) groups is 1. The normalized spacial score (nSPS) is 21.2. The Morgan fingerprint density at radius 3 is 2.52 bits per heavy atom. The van der Waals surface area contributed by atoms with Gasteiger partial charge in [-0.3, -0.25) is 0 Å². The maximum absolute atomic E-state index is 5.93. The van der Waals surface area contributed by atoms with E-state index in [2.05, 4.69) is 29.4 Å². The minimum Gasteiger partial charge on any atom is -0.489 e. The van der Waals surface area contributed by atoms with Gasteiger partial charge >= 0.3 is 0 Å². The first-order valence-electron chi connectivity index (χ1n) is 10.7. The molecule has 1 unspecified atom stereocenters. The number of ether oxygens (including phenoxy) is 1. The van der Waals surface area contributed by atoms with Crippen LogP contribution in [-0.4, -0.2) is 55.2 Å². The molecule has 3 rings (SSSR count). The molecular formula is C22H36N4O. The molecule has 2 N–H and O–H groups in total. The number of nitrogens with zero attached hydrogens (tertiary/aromatic N) is 2. The number of piperidine rings is 1. The van der Waals surface area contributed by atoms with Gasteiger partial charge in [-0.25, -0.2) is 4.99 Å². The molecule has 0 amide bonds. The molecule has 1 atom stereocenters. The molecule has 5 heteroatoms. The molecule has 0 radical (unpaired) electrons. The van der Waals surface area contributed by atoms with E-state index in [0.29, 0.717) is 12.6 Å².